The van der Waals surface area contributed by atoms with E-state index < -0.39 is 12.0 Å². The second kappa shape index (κ2) is 6.04. The number of piperidine rings is 2. The summed E-state index contributed by atoms with van der Waals surface area (Å²) in [5, 5.41) is 9.14. The van der Waals surface area contributed by atoms with Crippen molar-refractivity contribution in [3.63, 3.8) is 0 Å². The zero-order chi connectivity index (χ0) is 13.8. The molecule has 2 heterocycles. The molecule has 6 heteroatoms. The van der Waals surface area contributed by atoms with E-state index in [4.69, 9.17) is 5.11 Å². The average Bonchev–Trinajstić information content (AvgIpc) is 2.41. The first-order valence-corrected chi connectivity index (χ1v) is 6.89. The number of aliphatic carboxylic acids is 1. The quantitative estimate of drug-likeness (QED) is 0.807. The van der Waals surface area contributed by atoms with Gasteiger partial charge in [-0.25, -0.2) is 4.79 Å². The Bertz CT molecular complexity index is 383. The van der Waals surface area contributed by atoms with Crippen LogP contribution in [0.2, 0.25) is 0 Å². The van der Waals surface area contributed by atoms with E-state index in [1.165, 1.54) is 4.90 Å². The van der Waals surface area contributed by atoms with Crippen molar-refractivity contribution in [2.75, 3.05) is 19.6 Å². The molecule has 0 aliphatic carbocycles. The van der Waals surface area contributed by atoms with Gasteiger partial charge in [-0.05, 0) is 32.1 Å². The highest BCUT2D eigenvalue weighted by Gasteiger charge is 2.33. The largest absolute Gasteiger partial charge is 0.480 e. The van der Waals surface area contributed by atoms with E-state index in [2.05, 4.69) is 0 Å². The summed E-state index contributed by atoms with van der Waals surface area (Å²) in [5.74, 6) is -1.18. The predicted molar refractivity (Wildman–Crippen MR) is 67.4 cm³/mol. The van der Waals surface area contributed by atoms with Crippen molar-refractivity contribution in [3.05, 3.63) is 0 Å². The van der Waals surface area contributed by atoms with Crippen LogP contribution in [0.15, 0.2) is 0 Å². The van der Waals surface area contributed by atoms with Crippen LogP contribution in [0.25, 0.3) is 0 Å². The van der Waals surface area contributed by atoms with Gasteiger partial charge in [-0.15, -0.1) is 0 Å². The van der Waals surface area contributed by atoms with Crippen molar-refractivity contribution in [1.82, 2.24) is 9.80 Å². The Hall–Kier alpha value is -1.59. The van der Waals surface area contributed by atoms with Gasteiger partial charge in [0.05, 0.1) is 6.54 Å². The fourth-order valence-electron chi connectivity index (χ4n) is 2.77. The van der Waals surface area contributed by atoms with E-state index in [0.717, 1.165) is 25.7 Å². The van der Waals surface area contributed by atoms with Crippen molar-refractivity contribution in [3.8, 4) is 0 Å². The molecule has 2 aliphatic heterocycles. The summed E-state index contributed by atoms with van der Waals surface area (Å²) in [6, 6.07) is -0.721. The molecule has 1 N–H and O–H groups in total. The number of hydrogen-bond acceptors (Lipinski definition) is 3. The number of hydrogen-bond donors (Lipinski definition) is 1. The second-order valence-corrected chi connectivity index (χ2v) is 5.21. The first-order valence-electron chi connectivity index (χ1n) is 6.89. The highest BCUT2D eigenvalue weighted by atomic mass is 16.4. The van der Waals surface area contributed by atoms with Gasteiger partial charge in [0.15, 0.2) is 0 Å². The van der Waals surface area contributed by atoms with E-state index in [9.17, 15) is 14.4 Å². The Morgan fingerprint density at radius 1 is 1.16 bits per heavy atom. The summed E-state index contributed by atoms with van der Waals surface area (Å²) in [6.07, 6.45) is 4.48. The summed E-state index contributed by atoms with van der Waals surface area (Å²) in [7, 11) is 0. The molecule has 106 valence electrons. The Morgan fingerprint density at radius 3 is 2.58 bits per heavy atom. The van der Waals surface area contributed by atoms with E-state index in [1.54, 1.807) is 4.90 Å². The van der Waals surface area contributed by atoms with E-state index in [-0.39, 0.29) is 18.4 Å². The number of carboxylic acids is 1. The lowest BCUT2D eigenvalue weighted by Crippen LogP contribution is -2.52. The lowest BCUT2D eigenvalue weighted by Gasteiger charge is -2.35. The van der Waals surface area contributed by atoms with Gasteiger partial charge >= 0.3 is 5.97 Å². The molecule has 1 atom stereocenters. The third-order valence-electron chi connectivity index (χ3n) is 3.86. The molecule has 2 amide bonds. The minimum absolute atomic E-state index is 0.00323. The maximum Gasteiger partial charge on any atom is 0.326 e. The minimum Gasteiger partial charge on any atom is -0.480 e. The van der Waals surface area contributed by atoms with Crippen molar-refractivity contribution in [2.24, 2.45) is 0 Å². The molecule has 2 saturated heterocycles. The molecule has 2 fully saturated rings. The van der Waals surface area contributed by atoms with E-state index in [0.29, 0.717) is 25.9 Å². The SMILES string of the molecule is O=C(O)C1CCCCN1C(=O)CN1CCCCC1=O. The highest BCUT2D eigenvalue weighted by Crippen LogP contribution is 2.18. The fraction of sp³-hybridized carbons (Fsp3) is 0.769. The van der Waals surface area contributed by atoms with Crippen LogP contribution in [0.5, 0.6) is 0 Å². The van der Waals surface area contributed by atoms with Gasteiger partial charge in [-0.2, -0.15) is 0 Å². The standard InChI is InChI=1S/C13H20N2O4/c16-11-6-2-3-7-14(11)9-12(17)15-8-4-1-5-10(15)13(18)19/h10H,1-9H2,(H,18,19). The Labute approximate surface area is 112 Å². The first-order chi connectivity index (χ1) is 9.09. The lowest BCUT2D eigenvalue weighted by molar-refractivity contribution is -0.153. The summed E-state index contributed by atoms with van der Waals surface area (Å²) < 4.78 is 0. The molecule has 1 unspecified atom stereocenters. The number of carbonyl (C=O) groups is 3. The minimum atomic E-state index is -0.946. The molecule has 0 spiro atoms. The van der Waals surface area contributed by atoms with Crippen LogP contribution < -0.4 is 0 Å². The van der Waals surface area contributed by atoms with Gasteiger partial charge in [0, 0.05) is 19.5 Å². The molecule has 0 bridgehead atoms. The third kappa shape index (κ3) is 3.24. The molecule has 0 aromatic heterocycles. The van der Waals surface area contributed by atoms with Crippen LogP contribution in [-0.2, 0) is 14.4 Å². The van der Waals surface area contributed by atoms with Gasteiger partial charge in [0.2, 0.25) is 11.8 Å². The number of amides is 2. The Balaban J connectivity index is 1.97. The molecule has 6 nitrogen and oxygen atoms in total. The summed E-state index contributed by atoms with van der Waals surface area (Å²) in [6.45, 7) is 1.12. The van der Waals surface area contributed by atoms with Crippen molar-refractivity contribution < 1.29 is 19.5 Å². The molecule has 0 radical (unpaired) electrons. The monoisotopic (exact) mass is 268 g/mol. The molecule has 0 saturated carbocycles. The van der Waals surface area contributed by atoms with Crippen LogP contribution in [-0.4, -0.2) is 58.4 Å². The predicted octanol–water partition coefficient (Wildman–Crippen LogP) is 0.465. The normalized spacial score (nSPS) is 24.4. The summed E-state index contributed by atoms with van der Waals surface area (Å²) in [5.41, 5.74) is 0. The number of carboxylic acid groups (broad SMARTS) is 1. The second-order valence-electron chi connectivity index (χ2n) is 5.21. The topological polar surface area (TPSA) is 77.9 Å². The van der Waals surface area contributed by atoms with Crippen molar-refractivity contribution >= 4 is 17.8 Å². The number of rotatable bonds is 3. The molecule has 2 aliphatic rings. The van der Waals surface area contributed by atoms with Gasteiger partial charge in [-0.3, -0.25) is 9.59 Å². The van der Waals surface area contributed by atoms with E-state index >= 15 is 0 Å². The van der Waals surface area contributed by atoms with Crippen LogP contribution in [0.3, 0.4) is 0 Å². The zero-order valence-electron chi connectivity index (χ0n) is 11.0. The lowest BCUT2D eigenvalue weighted by atomic mass is 10.0. The molecule has 0 aromatic carbocycles. The number of nitrogens with zero attached hydrogens (tertiary/aromatic N) is 2. The zero-order valence-corrected chi connectivity index (χ0v) is 11.0. The van der Waals surface area contributed by atoms with Crippen LogP contribution in [0, 0.1) is 0 Å². The molecular formula is C13H20N2O4. The van der Waals surface area contributed by atoms with Crippen LogP contribution in [0.1, 0.15) is 38.5 Å². The van der Waals surface area contributed by atoms with Crippen molar-refractivity contribution in [2.45, 2.75) is 44.6 Å². The molecular weight excluding hydrogens is 248 g/mol. The fourth-order valence-corrected chi connectivity index (χ4v) is 2.77. The maximum atomic E-state index is 12.2. The van der Waals surface area contributed by atoms with Crippen molar-refractivity contribution in [1.29, 1.82) is 0 Å². The highest BCUT2D eigenvalue weighted by molar-refractivity contribution is 5.88. The number of carbonyl (C=O) groups excluding carboxylic acids is 2. The van der Waals surface area contributed by atoms with Gasteiger partial charge < -0.3 is 14.9 Å². The van der Waals surface area contributed by atoms with Crippen LogP contribution >= 0.6 is 0 Å². The maximum absolute atomic E-state index is 12.2. The molecule has 0 aromatic rings. The van der Waals surface area contributed by atoms with Gasteiger partial charge in [0.1, 0.15) is 6.04 Å². The first kappa shape index (κ1) is 13.8. The Morgan fingerprint density at radius 2 is 1.89 bits per heavy atom. The van der Waals surface area contributed by atoms with Gasteiger partial charge in [-0.1, -0.05) is 0 Å². The molecule has 2 rings (SSSR count). The van der Waals surface area contributed by atoms with Crippen LogP contribution in [0.4, 0.5) is 0 Å². The molecule has 19 heavy (non-hydrogen) atoms. The summed E-state index contributed by atoms with van der Waals surface area (Å²) >= 11 is 0. The van der Waals surface area contributed by atoms with Gasteiger partial charge in [0.25, 0.3) is 0 Å². The number of likely N-dealkylation sites (tertiary alicyclic amines) is 2. The van der Waals surface area contributed by atoms with E-state index in [1.807, 2.05) is 0 Å². The summed E-state index contributed by atoms with van der Waals surface area (Å²) in [4.78, 5) is 38.0. The average molecular weight is 268 g/mol. The third-order valence-corrected chi connectivity index (χ3v) is 3.86. The Kier molecular flexibility index (Phi) is 4.39. The smallest absolute Gasteiger partial charge is 0.326 e.